The van der Waals surface area contributed by atoms with Crippen molar-refractivity contribution in [2.45, 2.75) is 38.3 Å². The highest BCUT2D eigenvalue weighted by Crippen LogP contribution is 2.30. The summed E-state index contributed by atoms with van der Waals surface area (Å²) in [5.74, 6) is -0.844. The average Bonchev–Trinajstić information content (AvgIpc) is 2.72. The number of nitrogens with zero attached hydrogens (tertiary/aromatic N) is 1. The van der Waals surface area contributed by atoms with Gasteiger partial charge in [0, 0.05) is 25.0 Å². The molecular weight excluding hydrogens is 352 g/mol. The molecule has 2 aromatic rings. The molecule has 0 spiro atoms. The fourth-order valence-corrected chi connectivity index (χ4v) is 3.61. The second kappa shape index (κ2) is 9.51. The zero-order valence-electron chi connectivity index (χ0n) is 16.5. The molecule has 1 N–H and O–H groups in total. The topological polar surface area (TPSA) is 58.6 Å². The minimum atomic E-state index is -0.543. The van der Waals surface area contributed by atoms with Gasteiger partial charge in [-0.15, -0.1) is 0 Å². The van der Waals surface area contributed by atoms with Crippen molar-refractivity contribution in [3.8, 4) is 0 Å². The van der Waals surface area contributed by atoms with Crippen molar-refractivity contribution in [2.24, 2.45) is 0 Å². The number of morpholine rings is 1. The van der Waals surface area contributed by atoms with E-state index in [9.17, 15) is 9.59 Å². The minimum Gasteiger partial charge on any atom is -0.375 e. The van der Waals surface area contributed by atoms with Gasteiger partial charge in [-0.05, 0) is 31.4 Å². The molecule has 3 rings (SSSR count). The maximum absolute atomic E-state index is 12.5. The van der Waals surface area contributed by atoms with Crippen LogP contribution in [0.15, 0.2) is 60.7 Å². The molecule has 5 nitrogen and oxygen atoms in total. The molecule has 0 aliphatic carbocycles. The minimum absolute atomic E-state index is 0.0613. The molecular formula is C23H28N2O3. The number of ether oxygens (including phenoxy) is 1. The Bertz CT molecular complexity index is 737. The highest BCUT2D eigenvalue weighted by atomic mass is 16.5. The van der Waals surface area contributed by atoms with E-state index in [1.807, 2.05) is 50.2 Å². The highest BCUT2D eigenvalue weighted by Gasteiger charge is 2.30. The quantitative estimate of drug-likeness (QED) is 0.812. The van der Waals surface area contributed by atoms with Crippen molar-refractivity contribution in [3.63, 3.8) is 0 Å². The Morgan fingerprint density at radius 3 is 2.14 bits per heavy atom. The second-order valence-electron chi connectivity index (χ2n) is 7.48. The first-order chi connectivity index (χ1) is 13.5. The van der Waals surface area contributed by atoms with Gasteiger partial charge in [0.15, 0.2) is 0 Å². The van der Waals surface area contributed by atoms with E-state index in [2.05, 4.69) is 29.6 Å². The maximum Gasteiger partial charge on any atom is 0.312 e. The lowest BCUT2D eigenvalue weighted by molar-refractivity contribution is -0.151. The van der Waals surface area contributed by atoms with Crippen LogP contribution in [-0.2, 0) is 14.3 Å². The number of carbonyl (C=O) groups excluding carboxylic acids is 2. The van der Waals surface area contributed by atoms with Crippen LogP contribution < -0.4 is 5.32 Å². The molecule has 5 heteroatoms. The van der Waals surface area contributed by atoms with Crippen LogP contribution in [0.2, 0.25) is 0 Å². The van der Waals surface area contributed by atoms with E-state index in [1.165, 1.54) is 11.1 Å². The molecule has 1 aliphatic rings. The summed E-state index contributed by atoms with van der Waals surface area (Å²) in [6, 6.07) is 20.6. The zero-order valence-corrected chi connectivity index (χ0v) is 16.5. The number of carbonyl (C=O) groups is 2. The van der Waals surface area contributed by atoms with Gasteiger partial charge < -0.3 is 15.0 Å². The first-order valence-electron chi connectivity index (χ1n) is 9.86. The molecule has 28 heavy (non-hydrogen) atoms. The first kappa shape index (κ1) is 20.1. The summed E-state index contributed by atoms with van der Waals surface area (Å²) in [4.78, 5) is 26.2. The SMILES string of the molecule is CC(C)NC(=O)C(=O)N1CCO[C@@H](CC(c2ccccc2)c2ccccc2)C1. The van der Waals surface area contributed by atoms with Gasteiger partial charge >= 0.3 is 11.8 Å². The van der Waals surface area contributed by atoms with Crippen molar-refractivity contribution >= 4 is 11.8 Å². The molecule has 1 fully saturated rings. The van der Waals surface area contributed by atoms with Crippen molar-refractivity contribution in [1.29, 1.82) is 0 Å². The van der Waals surface area contributed by atoms with Crippen LogP contribution in [0.25, 0.3) is 0 Å². The lowest BCUT2D eigenvalue weighted by Crippen LogP contribution is -2.51. The lowest BCUT2D eigenvalue weighted by atomic mass is 9.86. The predicted molar refractivity (Wildman–Crippen MR) is 109 cm³/mol. The summed E-state index contributed by atoms with van der Waals surface area (Å²) in [6.07, 6.45) is 0.638. The van der Waals surface area contributed by atoms with Gasteiger partial charge in [0.25, 0.3) is 0 Å². The summed E-state index contributed by atoms with van der Waals surface area (Å²) < 4.78 is 5.97. The van der Waals surface area contributed by atoms with E-state index in [0.717, 1.165) is 6.42 Å². The monoisotopic (exact) mass is 380 g/mol. The number of benzene rings is 2. The van der Waals surface area contributed by atoms with Crippen LogP contribution in [0.5, 0.6) is 0 Å². The zero-order chi connectivity index (χ0) is 19.9. The third-order valence-electron chi connectivity index (χ3n) is 4.94. The van der Waals surface area contributed by atoms with Gasteiger partial charge in [0.2, 0.25) is 0 Å². The molecule has 1 atom stereocenters. The number of hydrogen-bond acceptors (Lipinski definition) is 3. The summed E-state index contributed by atoms with van der Waals surface area (Å²) in [7, 11) is 0. The predicted octanol–water partition coefficient (Wildman–Crippen LogP) is 2.96. The summed E-state index contributed by atoms with van der Waals surface area (Å²) in [5.41, 5.74) is 2.44. The molecule has 2 aromatic carbocycles. The number of nitrogens with one attached hydrogen (secondary N) is 1. The molecule has 0 saturated carbocycles. The molecule has 2 amide bonds. The summed E-state index contributed by atoms with van der Waals surface area (Å²) in [6.45, 7) is 5.01. The van der Waals surface area contributed by atoms with Crippen LogP contribution >= 0.6 is 0 Å². The van der Waals surface area contributed by atoms with Crippen molar-refractivity contribution < 1.29 is 14.3 Å². The van der Waals surface area contributed by atoms with Crippen LogP contribution in [-0.4, -0.2) is 48.6 Å². The van der Waals surface area contributed by atoms with Crippen molar-refractivity contribution in [2.75, 3.05) is 19.7 Å². The molecule has 1 saturated heterocycles. The van der Waals surface area contributed by atoms with Gasteiger partial charge in [0.05, 0.1) is 12.7 Å². The number of hydrogen-bond donors (Lipinski definition) is 1. The van der Waals surface area contributed by atoms with Gasteiger partial charge in [-0.3, -0.25) is 9.59 Å². The lowest BCUT2D eigenvalue weighted by Gasteiger charge is -2.34. The Hall–Kier alpha value is -2.66. The van der Waals surface area contributed by atoms with E-state index in [0.29, 0.717) is 19.7 Å². The number of rotatable bonds is 5. The molecule has 1 heterocycles. The third kappa shape index (κ3) is 5.20. The van der Waals surface area contributed by atoms with E-state index in [-0.39, 0.29) is 18.1 Å². The fraction of sp³-hybridized carbons (Fsp3) is 0.391. The Morgan fingerprint density at radius 2 is 1.61 bits per heavy atom. The smallest absolute Gasteiger partial charge is 0.312 e. The Kier molecular flexibility index (Phi) is 6.82. The van der Waals surface area contributed by atoms with Crippen LogP contribution in [0, 0.1) is 0 Å². The molecule has 1 aliphatic heterocycles. The van der Waals surface area contributed by atoms with E-state index in [1.54, 1.807) is 4.90 Å². The molecule has 0 radical (unpaired) electrons. The molecule has 0 bridgehead atoms. The van der Waals surface area contributed by atoms with Gasteiger partial charge in [-0.2, -0.15) is 0 Å². The standard InChI is InChI=1S/C23H28N2O3/c1-17(2)24-22(26)23(27)25-13-14-28-20(16-25)15-21(18-9-5-3-6-10-18)19-11-7-4-8-12-19/h3-12,17,20-21H,13-16H2,1-2H3,(H,24,26)/t20-/m0/s1. The van der Waals surface area contributed by atoms with Crippen LogP contribution in [0.3, 0.4) is 0 Å². The van der Waals surface area contributed by atoms with E-state index >= 15 is 0 Å². The second-order valence-corrected chi connectivity index (χ2v) is 7.48. The van der Waals surface area contributed by atoms with Gasteiger partial charge in [0.1, 0.15) is 0 Å². The summed E-state index contributed by atoms with van der Waals surface area (Å²) in [5, 5.41) is 2.68. The maximum atomic E-state index is 12.5. The largest absolute Gasteiger partial charge is 0.375 e. The first-order valence-corrected chi connectivity index (χ1v) is 9.86. The third-order valence-corrected chi connectivity index (χ3v) is 4.94. The number of amides is 2. The molecule has 0 aromatic heterocycles. The van der Waals surface area contributed by atoms with Gasteiger partial charge in [-0.1, -0.05) is 60.7 Å². The normalized spacial score (nSPS) is 17.0. The summed E-state index contributed by atoms with van der Waals surface area (Å²) >= 11 is 0. The Balaban J connectivity index is 1.72. The average molecular weight is 380 g/mol. The molecule has 0 unspecified atom stereocenters. The van der Waals surface area contributed by atoms with E-state index in [4.69, 9.17) is 4.74 Å². The molecule has 148 valence electrons. The van der Waals surface area contributed by atoms with Gasteiger partial charge in [-0.25, -0.2) is 0 Å². The van der Waals surface area contributed by atoms with Crippen molar-refractivity contribution in [3.05, 3.63) is 71.8 Å². The highest BCUT2D eigenvalue weighted by molar-refractivity contribution is 6.35. The Labute approximate surface area is 166 Å². The van der Waals surface area contributed by atoms with E-state index < -0.39 is 11.8 Å². The fourth-order valence-electron chi connectivity index (χ4n) is 3.61. The van der Waals surface area contributed by atoms with Crippen molar-refractivity contribution in [1.82, 2.24) is 10.2 Å². The van der Waals surface area contributed by atoms with Crippen LogP contribution in [0.1, 0.15) is 37.3 Å². The Morgan fingerprint density at radius 1 is 1.04 bits per heavy atom. The van der Waals surface area contributed by atoms with Crippen LogP contribution in [0.4, 0.5) is 0 Å².